The molecule has 0 atom stereocenters. The third-order valence-electron chi connectivity index (χ3n) is 2.67. The second kappa shape index (κ2) is 10.2. The molecule has 0 aliphatic heterocycles. The highest BCUT2D eigenvalue weighted by Gasteiger charge is 1.89. The van der Waals surface area contributed by atoms with Gasteiger partial charge in [0.05, 0.1) is 22.7 Å². The molecule has 0 spiro atoms. The molecule has 4 rings (SSSR count). The van der Waals surface area contributed by atoms with E-state index in [0.29, 0.717) is 0 Å². The van der Waals surface area contributed by atoms with Gasteiger partial charge in [0.15, 0.2) is 0 Å². The van der Waals surface area contributed by atoms with E-state index >= 15 is 0 Å². The highest BCUT2D eigenvalue weighted by atomic mass is 15.1. The minimum absolute atomic E-state index is 1.03. The number of fused-ring (bicyclic) bond motifs is 2. The monoisotopic (exact) mass is 296 g/mol. The smallest absolute Gasteiger partial charge is 0.0878 e. The molecule has 3 heterocycles. The molecule has 4 heteroatoms. The third-order valence-corrected chi connectivity index (χ3v) is 2.67. The molecule has 0 radical (unpaired) electrons. The Morgan fingerprint density at radius 2 is 1.55 bits per heavy atom. The van der Waals surface area contributed by atoms with E-state index in [1.165, 1.54) is 0 Å². The van der Waals surface area contributed by atoms with Crippen LogP contribution in [-0.2, 0) is 0 Å². The van der Waals surface area contributed by atoms with Gasteiger partial charge in [-0.1, -0.05) is 45.9 Å². The van der Waals surface area contributed by atoms with Gasteiger partial charge in [-0.3, -0.25) is 10.1 Å². The van der Waals surface area contributed by atoms with E-state index in [9.17, 15) is 0 Å². The Balaban J connectivity index is 0.000000180. The molecular weight excluding hydrogens is 272 g/mol. The van der Waals surface area contributed by atoms with Crippen molar-refractivity contribution in [2.24, 2.45) is 0 Å². The number of hydrogen-bond acceptors (Lipinski definition) is 2. The molecule has 116 valence electrons. The second-order valence-corrected chi connectivity index (χ2v) is 3.87. The quantitative estimate of drug-likeness (QED) is 0.470. The largest absolute Gasteiger partial charge is 0.360 e. The van der Waals surface area contributed by atoms with Crippen molar-refractivity contribution in [3.63, 3.8) is 0 Å². The first-order chi connectivity index (χ1) is 10.9. The number of aromatic amines is 2. The van der Waals surface area contributed by atoms with Gasteiger partial charge in [-0.05, 0) is 24.3 Å². The molecule has 0 amide bonds. The van der Waals surface area contributed by atoms with Crippen molar-refractivity contribution in [2.45, 2.75) is 27.7 Å². The van der Waals surface area contributed by atoms with Gasteiger partial charge in [-0.15, -0.1) is 0 Å². The number of para-hydroxylation sites is 1. The average Bonchev–Trinajstić information content (AvgIpc) is 3.28. The van der Waals surface area contributed by atoms with Crippen LogP contribution in [-0.4, -0.2) is 20.2 Å². The minimum Gasteiger partial charge on any atom is -0.360 e. The van der Waals surface area contributed by atoms with Crippen molar-refractivity contribution in [3.8, 4) is 0 Å². The Hall–Kier alpha value is -2.62. The lowest BCUT2D eigenvalue weighted by Crippen LogP contribution is -1.68. The van der Waals surface area contributed by atoms with Crippen molar-refractivity contribution in [3.05, 3.63) is 61.1 Å². The SMILES string of the molecule is CC.CC.c1ccc2[nH]ncc2c1.c1cnc2cc[nH]c2c1. The highest BCUT2D eigenvalue weighted by molar-refractivity contribution is 5.77. The fourth-order valence-electron chi connectivity index (χ4n) is 1.77. The maximum absolute atomic E-state index is 4.11. The fraction of sp³-hybridized carbons (Fsp3) is 0.222. The lowest BCUT2D eigenvalue weighted by Gasteiger charge is -1.82. The molecule has 22 heavy (non-hydrogen) atoms. The Morgan fingerprint density at radius 3 is 2.27 bits per heavy atom. The highest BCUT2D eigenvalue weighted by Crippen LogP contribution is 2.07. The number of H-pyrrole nitrogens is 2. The summed E-state index contributed by atoms with van der Waals surface area (Å²) in [7, 11) is 0. The van der Waals surface area contributed by atoms with Crippen molar-refractivity contribution in [1.29, 1.82) is 0 Å². The number of rotatable bonds is 0. The second-order valence-electron chi connectivity index (χ2n) is 3.87. The van der Waals surface area contributed by atoms with Crippen LogP contribution in [0.2, 0.25) is 0 Å². The average molecular weight is 296 g/mol. The van der Waals surface area contributed by atoms with Crippen LogP contribution >= 0.6 is 0 Å². The molecule has 0 aliphatic rings. The molecule has 1 aromatic carbocycles. The summed E-state index contributed by atoms with van der Waals surface area (Å²) in [6.07, 6.45) is 5.49. The summed E-state index contributed by atoms with van der Waals surface area (Å²) in [5, 5.41) is 7.91. The van der Waals surface area contributed by atoms with Gasteiger partial charge in [-0.2, -0.15) is 5.10 Å². The first-order valence-corrected chi connectivity index (χ1v) is 7.70. The van der Waals surface area contributed by atoms with Crippen LogP contribution in [0.15, 0.2) is 61.1 Å². The van der Waals surface area contributed by atoms with Crippen molar-refractivity contribution in [1.82, 2.24) is 20.2 Å². The van der Waals surface area contributed by atoms with Crippen LogP contribution in [0.5, 0.6) is 0 Å². The number of pyridine rings is 1. The number of aromatic nitrogens is 4. The lowest BCUT2D eigenvalue weighted by atomic mass is 10.3. The van der Waals surface area contributed by atoms with Gasteiger partial charge in [0.2, 0.25) is 0 Å². The predicted molar refractivity (Wildman–Crippen MR) is 94.9 cm³/mol. The Bertz CT molecular complexity index is 629. The molecule has 0 unspecified atom stereocenters. The third kappa shape index (κ3) is 4.74. The van der Waals surface area contributed by atoms with E-state index in [-0.39, 0.29) is 0 Å². The van der Waals surface area contributed by atoms with E-state index in [1.54, 1.807) is 6.20 Å². The summed E-state index contributed by atoms with van der Waals surface area (Å²) in [4.78, 5) is 7.17. The summed E-state index contributed by atoms with van der Waals surface area (Å²) in [5.41, 5.74) is 3.22. The minimum atomic E-state index is 1.03. The normalized spacial score (nSPS) is 8.91. The van der Waals surface area contributed by atoms with Crippen LogP contribution in [0.3, 0.4) is 0 Å². The number of hydrogen-bond donors (Lipinski definition) is 2. The number of nitrogens with one attached hydrogen (secondary N) is 2. The maximum Gasteiger partial charge on any atom is 0.0878 e. The van der Waals surface area contributed by atoms with Crippen molar-refractivity contribution < 1.29 is 0 Å². The van der Waals surface area contributed by atoms with Crippen LogP contribution < -0.4 is 0 Å². The van der Waals surface area contributed by atoms with Gasteiger partial charge >= 0.3 is 0 Å². The fourth-order valence-corrected chi connectivity index (χ4v) is 1.77. The van der Waals surface area contributed by atoms with Gasteiger partial charge in [0.1, 0.15) is 0 Å². The van der Waals surface area contributed by atoms with Crippen LogP contribution in [0, 0.1) is 0 Å². The molecule has 3 aromatic heterocycles. The number of nitrogens with zero attached hydrogens (tertiary/aromatic N) is 2. The topological polar surface area (TPSA) is 57.4 Å². The molecule has 0 fully saturated rings. The number of benzene rings is 1. The zero-order chi connectivity index (χ0) is 16.2. The van der Waals surface area contributed by atoms with Crippen LogP contribution in [0.4, 0.5) is 0 Å². The zero-order valence-corrected chi connectivity index (χ0v) is 13.7. The summed E-state index contributed by atoms with van der Waals surface area (Å²) >= 11 is 0. The molecular formula is C18H24N4. The summed E-state index contributed by atoms with van der Waals surface area (Å²) in [6.45, 7) is 8.00. The lowest BCUT2D eigenvalue weighted by molar-refractivity contribution is 1.12. The molecule has 0 saturated heterocycles. The van der Waals surface area contributed by atoms with E-state index in [0.717, 1.165) is 21.9 Å². The first kappa shape index (κ1) is 17.4. The molecule has 2 N–H and O–H groups in total. The van der Waals surface area contributed by atoms with E-state index in [2.05, 4.69) is 20.2 Å². The van der Waals surface area contributed by atoms with Gasteiger partial charge < -0.3 is 4.98 Å². The predicted octanol–water partition coefficient (Wildman–Crippen LogP) is 5.18. The van der Waals surface area contributed by atoms with E-state index in [4.69, 9.17) is 0 Å². The molecule has 0 bridgehead atoms. The summed E-state index contributed by atoms with van der Waals surface area (Å²) in [5.74, 6) is 0. The molecule has 0 aliphatic carbocycles. The zero-order valence-electron chi connectivity index (χ0n) is 13.7. The first-order valence-electron chi connectivity index (χ1n) is 7.70. The maximum atomic E-state index is 4.11. The summed E-state index contributed by atoms with van der Waals surface area (Å²) < 4.78 is 0. The van der Waals surface area contributed by atoms with E-state index in [1.807, 2.05) is 82.6 Å². The van der Waals surface area contributed by atoms with Gasteiger partial charge in [0, 0.05) is 17.8 Å². The van der Waals surface area contributed by atoms with Crippen LogP contribution in [0.1, 0.15) is 27.7 Å². The molecule has 4 nitrogen and oxygen atoms in total. The summed E-state index contributed by atoms with van der Waals surface area (Å²) in [6, 6.07) is 13.9. The Morgan fingerprint density at radius 1 is 0.818 bits per heavy atom. The molecule has 4 aromatic rings. The van der Waals surface area contributed by atoms with E-state index < -0.39 is 0 Å². The standard InChI is InChI=1S/2C7H6N2.2C2H6/c1-2-6-7(8-4-1)3-5-9-6;1-2-4-7-6(3-1)5-8-9-7;2*1-2/h1-5,9H;1-5H,(H,8,9);2*1-2H3. The van der Waals surface area contributed by atoms with Gasteiger partial charge in [-0.25, -0.2) is 0 Å². The van der Waals surface area contributed by atoms with Crippen molar-refractivity contribution >= 4 is 21.9 Å². The Labute approximate surface area is 131 Å². The Kier molecular flexibility index (Phi) is 8.05. The van der Waals surface area contributed by atoms with Crippen molar-refractivity contribution in [2.75, 3.05) is 0 Å². The van der Waals surface area contributed by atoms with Gasteiger partial charge in [0.25, 0.3) is 0 Å². The van der Waals surface area contributed by atoms with Crippen LogP contribution in [0.25, 0.3) is 21.9 Å². The molecule has 0 saturated carbocycles.